The van der Waals surface area contributed by atoms with Crippen molar-refractivity contribution in [2.24, 2.45) is 5.73 Å². The number of fused-ring (bicyclic) bond motifs is 1. The molecule has 4 rings (SSSR count). The molecule has 1 fully saturated rings. The second kappa shape index (κ2) is 4.89. The van der Waals surface area contributed by atoms with E-state index in [4.69, 9.17) is 10.3 Å². The van der Waals surface area contributed by atoms with Gasteiger partial charge in [-0.05, 0) is 30.4 Å². The number of nitrogens with zero attached hydrogens (tertiary/aromatic N) is 3. The lowest BCUT2D eigenvalue weighted by Crippen LogP contribution is -2.38. The summed E-state index contributed by atoms with van der Waals surface area (Å²) in [5, 5.41) is 6.10. The van der Waals surface area contributed by atoms with Crippen LogP contribution in [-0.4, -0.2) is 20.7 Å². The van der Waals surface area contributed by atoms with Crippen molar-refractivity contribution in [3.63, 3.8) is 0 Å². The molecule has 0 spiro atoms. The van der Waals surface area contributed by atoms with Gasteiger partial charge in [-0.3, -0.25) is 4.98 Å². The summed E-state index contributed by atoms with van der Waals surface area (Å²) in [6, 6.07) is 4.05. The highest BCUT2D eigenvalue weighted by molar-refractivity contribution is 7.17. The van der Waals surface area contributed by atoms with Crippen LogP contribution in [0.15, 0.2) is 28.2 Å². The van der Waals surface area contributed by atoms with Crippen molar-refractivity contribution in [2.45, 2.75) is 37.6 Å². The maximum Gasteiger partial charge on any atom is 0.228 e. The zero-order valence-electron chi connectivity index (χ0n) is 11.6. The summed E-state index contributed by atoms with van der Waals surface area (Å²) >= 11 is 1.66. The van der Waals surface area contributed by atoms with Gasteiger partial charge in [0.25, 0.3) is 0 Å². The van der Waals surface area contributed by atoms with Gasteiger partial charge in [-0.25, -0.2) is 0 Å². The molecule has 3 aromatic heterocycles. The molecule has 0 unspecified atom stereocenters. The first-order valence-electron chi connectivity index (χ1n) is 7.17. The van der Waals surface area contributed by atoms with Gasteiger partial charge in [0.1, 0.15) is 0 Å². The van der Waals surface area contributed by atoms with E-state index in [0.29, 0.717) is 18.1 Å². The molecule has 1 aliphatic carbocycles. The summed E-state index contributed by atoms with van der Waals surface area (Å²) in [5.74, 6) is 1.22. The van der Waals surface area contributed by atoms with Crippen LogP contribution < -0.4 is 5.73 Å². The van der Waals surface area contributed by atoms with Crippen molar-refractivity contribution < 1.29 is 4.52 Å². The molecule has 3 aromatic rings. The molecule has 0 saturated heterocycles. The van der Waals surface area contributed by atoms with E-state index in [2.05, 4.69) is 21.2 Å². The molecule has 6 heteroatoms. The predicted molar refractivity (Wildman–Crippen MR) is 82.0 cm³/mol. The van der Waals surface area contributed by atoms with Gasteiger partial charge in [-0.2, -0.15) is 4.98 Å². The lowest BCUT2D eigenvalue weighted by molar-refractivity contribution is 0.329. The van der Waals surface area contributed by atoms with Gasteiger partial charge in [0.15, 0.2) is 0 Å². The van der Waals surface area contributed by atoms with E-state index in [0.717, 1.165) is 28.6 Å². The Kier molecular flexibility index (Phi) is 3.01. The number of nitrogens with two attached hydrogens (primary N) is 1. The molecule has 0 atom stereocenters. The standard InChI is InChI=1S/C15H16N4OS/c16-15(4-1-2-5-15)8-13-18-14(19-20-13)10-7-12-11(17-9-10)3-6-21-12/h3,6-7,9H,1-2,4-5,8,16H2. The van der Waals surface area contributed by atoms with Crippen LogP contribution in [0, 0.1) is 0 Å². The summed E-state index contributed by atoms with van der Waals surface area (Å²) in [6.07, 6.45) is 6.90. The molecule has 108 valence electrons. The Hall–Kier alpha value is -1.79. The number of thiophene rings is 1. The Balaban J connectivity index is 1.61. The molecule has 1 saturated carbocycles. The monoisotopic (exact) mass is 300 g/mol. The van der Waals surface area contributed by atoms with Gasteiger partial charge in [0.05, 0.1) is 10.2 Å². The Morgan fingerprint density at radius 2 is 2.19 bits per heavy atom. The van der Waals surface area contributed by atoms with Gasteiger partial charge in [-0.1, -0.05) is 18.0 Å². The van der Waals surface area contributed by atoms with Crippen LogP contribution in [0.2, 0.25) is 0 Å². The van der Waals surface area contributed by atoms with E-state index in [1.165, 1.54) is 12.8 Å². The summed E-state index contributed by atoms with van der Waals surface area (Å²) < 4.78 is 6.50. The highest BCUT2D eigenvalue weighted by Crippen LogP contribution is 2.30. The molecular formula is C15H16N4OS. The Labute approximate surface area is 126 Å². The van der Waals surface area contributed by atoms with Crippen molar-refractivity contribution in [3.05, 3.63) is 29.6 Å². The van der Waals surface area contributed by atoms with Crippen LogP contribution >= 0.6 is 11.3 Å². The molecule has 0 aliphatic heterocycles. The van der Waals surface area contributed by atoms with Crippen LogP contribution in [0.1, 0.15) is 31.6 Å². The third-order valence-corrected chi connectivity index (χ3v) is 4.98. The van der Waals surface area contributed by atoms with Crippen LogP contribution in [-0.2, 0) is 6.42 Å². The van der Waals surface area contributed by atoms with Crippen molar-refractivity contribution in [2.75, 3.05) is 0 Å². The van der Waals surface area contributed by atoms with E-state index in [1.54, 1.807) is 17.5 Å². The maximum atomic E-state index is 6.36. The van der Waals surface area contributed by atoms with Crippen LogP contribution in [0.3, 0.4) is 0 Å². The molecule has 0 bridgehead atoms. The highest BCUT2D eigenvalue weighted by Gasteiger charge is 2.31. The van der Waals surface area contributed by atoms with Gasteiger partial charge in [-0.15, -0.1) is 11.3 Å². The number of hydrogen-bond acceptors (Lipinski definition) is 6. The quantitative estimate of drug-likeness (QED) is 0.804. The minimum Gasteiger partial charge on any atom is -0.339 e. The minimum absolute atomic E-state index is 0.167. The summed E-state index contributed by atoms with van der Waals surface area (Å²) in [4.78, 5) is 8.90. The molecule has 0 amide bonds. The first-order chi connectivity index (χ1) is 10.2. The third kappa shape index (κ3) is 2.45. The van der Waals surface area contributed by atoms with Crippen molar-refractivity contribution >= 4 is 21.6 Å². The zero-order valence-corrected chi connectivity index (χ0v) is 12.4. The van der Waals surface area contributed by atoms with E-state index in [1.807, 2.05) is 11.4 Å². The normalized spacial score (nSPS) is 17.6. The fourth-order valence-corrected chi connectivity index (χ4v) is 3.75. The first-order valence-corrected chi connectivity index (χ1v) is 8.05. The molecule has 3 heterocycles. The number of rotatable bonds is 3. The van der Waals surface area contributed by atoms with Gasteiger partial charge in [0.2, 0.25) is 11.7 Å². The van der Waals surface area contributed by atoms with Gasteiger partial charge in [0, 0.05) is 23.7 Å². The SMILES string of the molecule is NC1(Cc2nc(-c3cnc4ccsc4c3)no2)CCCC1. The van der Waals surface area contributed by atoms with E-state index in [-0.39, 0.29) is 5.54 Å². The predicted octanol–water partition coefficient (Wildman–Crippen LogP) is 3.16. The average Bonchev–Trinajstić information content (AvgIpc) is 3.18. The summed E-state index contributed by atoms with van der Waals surface area (Å²) in [5.41, 5.74) is 8.08. The van der Waals surface area contributed by atoms with E-state index < -0.39 is 0 Å². The molecular weight excluding hydrogens is 284 g/mol. The second-order valence-electron chi connectivity index (χ2n) is 5.79. The fourth-order valence-electron chi connectivity index (χ4n) is 2.97. The molecule has 0 aromatic carbocycles. The Morgan fingerprint density at radius 3 is 3.05 bits per heavy atom. The fraction of sp³-hybridized carbons (Fsp3) is 0.400. The Bertz CT molecular complexity index is 773. The van der Waals surface area contributed by atoms with Crippen molar-refractivity contribution in [3.8, 4) is 11.4 Å². The summed E-state index contributed by atoms with van der Waals surface area (Å²) in [7, 11) is 0. The molecule has 2 N–H and O–H groups in total. The largest absolute Gasteiger partial charge is 0.339 e. The van der Waals surface area contributed by atoms with Crippen LogP contribution in [0.25, 0.3) is 21.6 Å². The average molecular weight is 300 g/mol. The first kappa shape index (κ1) is 12.9. The van der Waals surface area contributed by atoms with Gasteiger partial charge >= 0.3 is 0 Å². The summed E-state index contributed by atoms with van der Waals surface area (Å²) in [6.45, 7) is 0. The minimum atomic E-state index is -0.167. The molecule has 1 aliphatic rings. The van der Waals surface area contributed by atoms with Gasteiger partial charge < -0.3 is 10.3 Å². The molecule has 0 radical (unpaired) electrons. The van der Waals surface area contributed by atoms with E-state index in [9.17, 15) is 0 Å². The zero-order chi connectivity index (χ0) is 14.3. The maximum absolute atomic E-state index is 6.36. The topological polar surface area (TPSA) is 77.8 Å². The lowest BCUT2D eigenvalue weighted by Gasteiger charge is -2.20. The van der Waals surface area contributed by atoms with Crippen LogP contribution in [0.5, 0.6) is 0 Å². The highest BCUT2D eigenvalue weighted by atomic mass is 32.1. The number of hydrogen-bond donors (Lipinski definition) is 1. The smallest absolute Gasteiger partial charge is 0.228 e. The third-order valence-electron chi connectivity index (χ3n) is 4.13. The van der Waals surface area contributed by atoms with Crippen molar-refractivity contribution in [1.29, 1.82) is 0 Å². The molecule has 21 heavy (non-hydrogen) atoms. The van der Waals surface area contributed by atoms with E-state index >= 15 is 0 Å². The molecule has 5 nitrogen and oxygen atoms in total. The number of pyridine rings is 1. The lowest BCUT2D eigenvalue weighted by atomic mass is 9.95. The second-order valence-corrected chi connectivity index (χ2v) is 6.73. The Morgan fingerprint density at radius 1 is 1.33 bits per heavy atom. The number of aromatic nitrogens is 3. The van der Waals surface area contributed by atoms with Crippen LogP contribution in [0.4, 0.5) is 0 Å². The van der Waals surface area contributed by atoms with Crippen molar-refractivity contribution in [1.82, 2.24) is 15.1 Å².